The number of amides is 2. The zero-order valence-electron chi connectivity index (χ0n) is 10.8. The SMILES string of the molecule is CNC(C)c1csc(N2C(=O)CC(C)CC2=O)n1. The summed E-state index contributed by atoms with van der Waals surface area (Å²) in [4.78, 5) is 29.4. The van der Waals surface area contributed by atoms with Gasteiger partial charge in [0.2, 0.25) is 11.8 Å². The molecule has 0 radical (unpaired) electrons. The molecule has 6 heteroatoms. The molecule has 0 aliphatic carbocycles. The van der Waals surface area contributed by atoms with Gasteiger partial charge in [-0.1, -0.05) is 6.92 Å². The molecule has 1 saturated heterocycles. The lowest BCUT2D eigenvalue weighted by atomic mass is 9.98. The molecule has 1 unspecified atom stereocenters. The Bertz CT molecular complexity index is 454. The van der Waals surface area contributed by atoms with Crippen molar-refractivity contribution in [1.29, 1.82) is 0 Å². The fourth-order valence-corrected chi connectivity index (χ4v) is 2.88. The second-order valence-corrected chi connectivity index (χ2v) is 5.54. The van der Waals surface area contributed by atoms with Crippen molar-refractivity contribution in [3.05, 3.63) is 11.1 Å². The van der Waals surface area contributed by atoms with Gasteiger partial charge in [-0.15, -0.1) is 11.3 Å². The van der Waals surface area contributed by atoms with Gasteiger partial charge < -0.3 is 5.32 Å². The van der Waals surface area contributed by atoms with Gasteiger partial charge in [-0.05, 0) is 19.9 Å². The van der Waals surface area contributed by atoms with Crippen molar-refractivity contribution in [3.8, 4) is 0 Å². The van der Waals surface area contributed by atoms with E-state index in [0.29, 0.717) is 18.0 Å². The van der Waals surface area contributed by atoms with Crippen molar-refractivity contribution in [2.75, 3.05) is 11.9 Å². The van der Waals surface area contributed by atoms with E-state index in [0.717, 1.165) is 5.69 Å². The average molecular weight is 267 g/mol. The second kappa shape index (κ2) is 5.16. The second-order valence-electron chi connectivity index (χ2n) is 4.70. The number of nitrogens with one attached hydrogen (secondary N) is 1. The quantitative estimate of drug-likeness (QED) is 0.847. The molecule has 1 aromatic heterocycles. The molecule has 1 fully saturated rings. The molecule has 0 aromatic carbocycles. The maximum atomic E-state index is 11.9. The van der Waals surface area contributed by atoms with Gasteiger partial charge in [0.05, 0.1) is 5.69 Å². The Labute approximate surface area is 110 Å². The van der Waals surface area contributed by atoms with Gasteiger partial charge in [-0.3, -0.25) is 9.59 Å². The molecule has 5 nitrogen and oxygen atoms in total. The van der Waals surface area contributed by atoms with Crippen LogP contribution in [0, 0.1) is 5.92 Å². The van der Waals surface area contributed by atoms with Crippen molar-refractivity contribution < 1.29 is 9.59 Å². The van der Waals surface area contributed by atoms with E-state index in [1.54, 1.807) is 0 Å². The van der Waals surface area contributed by atoms with Crippen LogP contribution < -0.4 is 10.2 Å². The Balaban J connectivity index is 2.23. The highest BCUT2D eigenvalue weighted by molar-refractivity contribution is 7.14. The zero-order chi connectivity index (χ0) is 13.3. The molecule has 1 atom stereocenters. The minimum atomic E-state index is -0.142. The largest absolute Gasteiger partial charge is 0.312 e. The molecule has 18 heavy (non-hydrogen) atoms. The Morgan fingerprint density at radius 2 is 2.06 bits per heavy atom. The Morgan fingerprint density at radius 1 is 1.44 bits per heavy atom. The Morgan fingerprint density at radius 3 is 2.61 bits per heavy atom. The number of piperidine rings is 1. The van der Waals surface area contributed by atoms with Crippen LogP contribution in [0.25, 0.3) is 0 Å². The summed E-state index contributed by atoms with van der Waals surface area (Å²) in [6.45, 7) is 3.91. The van der Waals surface area contributed by atoms with Crippen LogP contribution in [-0.2, 0) is 9.59 Å². The molecule has 1 aliphatic heterocycles. The molecular weight excluding hydrogens is 250 g/mol. The number of hydrogen-bond acceptors (Lipinski definition) is 5. The highest BCUT2D eigenvalue weighted by Gasteiger charge is 2.33. The summed E-state index contributed by atoms with van der Waals surface area (Å²) >= 11 is 1.34. The summed E-state index contributed by atoms with van der Waals surface area (Å²) in [7, 11) is 1.85. The van der Waals surface area contributed by atoms with Crippen LogP contribution in [0.1, 0.15) is 38.4 Å². The number of hydrogen-bond donors (Lipinski definition) is 1. The van der Waals surface area contributed by atoms with Gasteiger partial charge >= 0.3 is 0 Å². The monoisotopic (exact) mass is 267 g/mol. The van der Waals surface area contributed by atoms with Crippen molar-refractivity contribution >= 4 is 28.3 Å². The van der Waals surface area contributed by atoms with Crippen LogP contribution in [-0.4, -0.2) is 23.8 Å². The number of thiazole rings is 1. The van der Waals surface area contributed by atoms with E-state index in [1.807, 2.05) is 26.3 Å². The molecule has 1 N–H and O–H groups in total. The van der Waals surface area contributed by atoms with E-state index in [9.17, 15) is 9.59 Å². The van der Waals surface area contributed by atoms with Gasteiger partial charge in [-0.2, -0.15) is 0 Å². The predicted octanol–water partition coefficient (Wildman–Crippen LogP) is 1.71. The molecule has 98 valence electrons. The summed E-state index contributed by atoms with van der Waals surface area (Å²) < 4.78 is 0. The molecule has 1 aromatic rings. The number of imide groups is 1. The maximum Gasteiger partial charge on any atom is 0.235 e. The topological polar surface area (TPSA) is 62.3 Å². The van der Waals surface area contributed by atoms with Gasteiger partial charge in [0, 0.05) is 24.3 Å². The number of rotatable bonds is 3. The minimum absolute atomic E-state index is 0.115. The first kappa shape index (κ1) is 13.2. The van der Waals surface area contributed by atoms with Crippen molar-refractivity contribution in [2.45, 2.75) is 32.7 Å². The summed E-state index contributed by atoms with van der Waals surface area (Å²) in [6, 6.07) is 0.115. The first-order chi connectivity index (χ1) is 8.52. The summed E-state index contributed by atoms with van der Waals surface area (Å²) in [5, 5.41) is 5.46. The molecule has 2 heterocycles. The lowest BCUT2D eigenvalue weighted by Gasteiger charge is -2.26. The van der Waals surface area contributed by atoms with E-state index in [-0.39, 0.29) is 23.8 Å². The number of carbonyl (C=O) groups is 2. The minimum Gasteiger partial charge on any atom is -0.312 e. The van der Waals surface area contributed by atoms with E-state index in [1.165, 1.54) is 16.2 Å². The van der Waals surface area contributed by atoms with E-state index >= 15 is 0 Å². The average Bonchev–Trinajstić information content (AvgIpc) is 2.76. The van der Waals surface area contributed by atoms with Gasteiger partial charge in [0.25, 0.3) is 0 Å². The van der Waals surface area contributed by atoms with Gasteiger partial charge in [-0.25, -0.2) is 9.88 Å². The van der Waals surface area contributed by atoms with Crippen LogP contribution in [0.4, 0.5) is 5.13 Å². The first-order valence-corrected chi connectivity index (χ1v) is 6.89. The first-order valence-electron chi connectivity index (χ1n) is 6.01. The van der Waals surface area contributed by atoms with E-state index < -0.39 is 0 Å². The summed E-state index contributed by atoms with van der Waals surface area (Å²) in [5.41, 5.74) is 0.858. The molecule has 2 amide bonds. The predicted molar refractivity (Wildman–Crippen MR) is 70.5 cm³/mol. The van der Waals surface area contributed by atoms with Crippen LogP contribution in [0.3, 0.4) is 0 Å². The molecule has 0 saturated carbocycles. The van der Waals surface area contributed by atoms with Crippen molar-refractivity contribution in [1.82, 2.24) is 10.3 Å². The third-order valence-corrected chi connectivity index (χ3v) is 3.97. The third-order valence-electron chi connectivity index (χ3n) is 3.12. The molecule has 0 spiro atoms. The highest BCUT2D eigenvalue weighted by Crippen LogP contribution is 2.29. The van der Waals surface area contributed by atoms with Crippen LogP contribution in [0.5, 0.6) is 0 Å². The molecule has 2 rings (SSSR count). The number of carbonyl (C=O) groups excluding carboxylic acids is 2. The Hall–Kier alpha value is -1.27. The van der Waals surface area contributed by atoms with Crippen LogP contribution in [0.15, 0.2) is 5.38 Å². The number of aromatic nitrogens is 1. The maximum absolute atomic E-state index is 11.9. The van der Waals surface area contributed by atoms with Crippen molar-refractivity contribution in [3.63, 3.8) is 0 Å². The fraction of sp³-hybridized carbons (Fsp3) is 0.583. The standard InChI is InChI=1S/C12H17N3O2S/c1-7-4-10(16)15(11(17)5-7)12-14-9(6-18-12)8(2)13-3/h6-8,13H,4-5H2,1-3H3. The van der Waals surface area contributed by atoms with E-state index in [2.05, 4.69) is 10.3 Å². The normalized spacial score (nSPS) is 19.4. The third kappa shape index (κ3) is 2.44. The number of nitrogens with zero attached hydrogens (tertiary/aromatic N) is 2. The highest BCUT2D eigenvalue weighted by atomic mass is 32.1. The van der Waals surface area contributed by atoms with Gasteiger partial charge in [0.1, 0.15) is 0 Å². The molecule has 1 aliphatic rings. The smallest absolute Gasteiger partial charge is 0.235 e. The van der Waals surface area contributed by atoms with Crippen LogP contribution >= 0.6 is 11.3 Å². The van der Waals surface area contributed by atoms with Crippen LogP contribution in [0.2, 0.25) is 0 Å². The lowest BCUT2D eigenvalue weighted by molar-refractivity contribution is -0.130. The number of anilines is 1. The zero-order valence-corrected chi connectivity index (χ0v) is 11.6. The fourth-order valence-electron chi connectivity index (χ4n) is 1.93. The van der Waals surface area contributed by atoms with E-state index in [4.69, 9.17) is 0 Å². The van der Waals surface area contributed by atoms with Gasteiger partial charge in [0.15, 0.2) is 5.13 Å². The molecule has 0 bridgehead atoms. The summed E-state index contributed by atoms with van der Waals surface area (Å²) in [5.74, 6) is -0.148. The summed E-state index contributed by atoms with van der Waals surface area (Å²) in [6.07, 6.45) is 0.838. The lowest BCUT2D eigenvalue weighted by Crippen LogP contribution is -2.42. The molecular formula is C12H17N3O2S. The van der Waals surface area contributed by atoms with Crippen molar-refractivity contribution in [2.24, 2.45) is 5.92 Å². The Kier molecular flexibility index (Phi) is 3.77.